The number of hydrogen-bond acceptors (Lipinski definition) is 6. The van der Waals surface area contributed by atoms with E-state index in [4.69, 9.17) is 4.74 Å². The quantitative estimate of drug-likeness (QED) is 0.295. The molecule has 0 aliphatic heterocycles. The molecule has 0 radical (unpaired) electrons. The Morgan fingerprint density at radius 3 is 2.62 bits per heavy atom. The Kier molecular flexibility index (Phi) is 6.36. The molecule has 0 saturated carbocycles. The lowest BCUT2D eigenvalue weighted by Crippen LogP contribution is -2.08. The summed E-state index contributed by atoms with van der Waals surface area (Å²) in [5.74, 6) is 0.550. The first-order valence-corrected chi connectivity index (χ1v) is 11.0. The van der Waals surface area contributed by atoms with E-state index in [0.717, 1.165) is 17.0 Å². The van der Waals surface area contributed by atoms with Crippen molar-refractivity contribution in [3.05, 3.63) is 82.9 Å². The first kappa shape index (κ1) is 21.8. The maximum atomic E-state index is 13.2. The molecule has 0 N–H and O–H groups in total. The molecule has 0 atom stereocenters. The van der Waals surface area contributed by atoms with E-state index >= 15 is 0 Å². The molecule has 0 bridgehead atoms. The van der Waals surface area contributed by atoms with Crippen LogP contribution in [0.3, 0.4) is 0 Å². The Morgan fingerprint density at radius 1 is 1.12 bits per heavy atom. The van der Waals surface area contributed by atoms with Crippen LogP contribution in [0.4, 0.5) is 4.39 Å². The zero-order valence-corrected chi connectivity index (χ0v) is 18.8. The van der Waals surface area contributed by atoms with Crippen LogP contribution in [0.25, 0.3) is 5.69 Å². The van der Waals surface area contributed by atoms with Crippen LogP contribution in [0, 0.1) is 19.7 Å². The van der Waals surface area contributed by atoms with Gasteiger partial charge in [0.15, 0.2) is 5.78 Å². The van der Waals surface area contributed by atoms with Crippen molar-refractivity contribution >= 4 is 17.5 Å². The van der Waals surface area contributed by atoms with Crippen molar-refractivity contribution in [2.45, 2.75) is 25.5 Å². The summed E-state index contributed by atoms with van der Waals surface area (Å²) >= 11 is 1.27. The van der Waals surface area contributed by atoms with Gasteiger partial charge >= 0.3 is 0 Å². The van der Waals surface area contributed by atoms with E-state index in [2.05, 4.69) is 20.1 Å². The number of aryl methyl sites for hydroxylation is 1. The van der Waals surface area contributed by atoms with Crippen molar-refractivity contribution in [1.29, 1.82) is 0 Å². The molecule has 32 heavy (non-hydrogen) atoms. The molecular formula is C23H22FN5O2S. The van der Waals surface area contributed by atoms with Gasteiger partial charge in [-0.05, 0) is 60.2 Å². The zero-order chi connectivity index (χ0) is 22.7. The third-order valence-corrected chi connectivity index (χ3v) is 6.13. The van der Waals surface area contributed by atoms with Crippen LogP contribution in [0.15, 0.2) is 59.8 Å². The fraction of sp³-hybridized carbons (Fsp3) is 0.217. The highest BCUT2D eigenvalue weighted by Crippen LogP contribution is 2.27. The van der Waals surface area contributed by atoms with Crippen LogP contribution < -0.4 is 4.74 Å². The van der Waals surface area contributed by atoms with Gasteiger partial charge in [-0.1, -0.05) is 36.0 Å². The molecule has 9 heteroatoms. The largest absolute Gasteiger partial charge is 0.494 e. The van der Waals surface area contributed by atoms with E-state index in [1.807, 2.05) is 44.2 Å². The molecule has 2 aromatic heterocycles. The number of thioether (sulfide) groups is 1. The van der Waals surface area contributed by atoms with E-state index < -0.39 is 0 Å². The highest BCUT2D eigenvalue weighted by molar-refractivity contribution is 7.99. The van der Waals surface area contributed by atoms with E-state index in [-0.39, 0.29) is 17.4 Å². The zero-order valence-electron chi connectivity index (χ0n) is 17.9. The van der Waals surface area contributed by atoms with Crippen LogP contribution in [-0.2, 0) is 6.54 Å². The summed E-state index contributed by atoms with van der Waals surface area (Å²) in [4.78, 5) is 13.0. The third-order valence-electron chi connectivity index (χ3n) is 5.21. The Bertz CT molecular complexity index is 1250. The van der Waals surface area contributed by atoms with Crippen molar-refractivity contribution in [2.75, 3.05) is 12.9 Å². The van der Waals surface area contributed by atoms with Crippen molar-refractivity contribution in [2.24, 2.45) is 0 Å². The summed E-state index contributed by atoms with van der Waals surface area (Å²) in [6, 6.07) is 15.7. The average molecular weight is 452 g/mol. The number of methoxy groups -OCH3 is 1. The maximum absolute atomic E-state index is 13.2. The molecule has 4 rings (SSSR count). The smallest absolute Gasteiger partial charge is 0.214 e. The molecule has 0 aliphatic carbocycles. The minimum absolute atomic E-state index is 0.0111. The maximum Gasteiger partial charge on any atom is 0.214 e. The molecule has 4 aromatic rings. The predicted molar refractivity (Wildman–Crippen MR) is 120 cm³/mol. The fourth-order valence-corrected chi connectivity index (χ4v) is 4.30. The van der Waals surface area contributed by atoms with Crippen LogP contribution in [0.5, 0.6) is 5.75 Å². The predicted octanol–water partition coefficient (Wildman–Crippen LogP) is 4.25. The molecule has 2 heterocycles. The van der Waals surface area contributed by atoms with Crippen LogP contribution in [0.1, 0.15) is 27.3 Å². The number of ketones is 1. The molecular weight excluding hydrogens is 429 g/mol. The minimum Gasteiger partial charge on any atom is -0.494 e. The molecule has 0 spiro atoms. The summed E-state index contributed by atoms with van der Waals surface area (Å²) in [5.41, 5.74) is 4.18. The second-order valence-corrected chi connectivity index (χ2v) is 8.20. The van der Waals surface area contributed by atoms with Crippen molar-refractivity contribution in [3.63, 3.8) is 0 Å². The summed E-state index contributed by atoms with van der Waals surface area (Å²) in [7, 11) is 1.58. The first-order valence-electron chi connectivity index (χ1n) is 9.97. The number of halogens is 1. The SMILES string of the molecule is COc1ccccc1-n1nnnc1SCC(=O)c1cc(C)n(Cc2ccc(F)cc2)c1C. The summed E-state index contributed by atoms with van der Waals surface area (Å²) in [6.45, 7) is 4.46. The monoisotopic (exact) mass is 451 g/mol. The number of Topliss-reactive ketones (excluding diaryl/α,β-unsaturated/α-hetero) is 1. The lowest BCUT2D eigenvalue weighted by molar-refractivity contribution is 0.102. The van der Waals surface area contributed by atoms with Gasteiger partial charge in [0.25, 0.3) is 0 Å². The normalized spacial score (nSPS) is 11.0. The number of para-hydroxylation sites is 2. The van der Waals surface area contributed by atoms with Gasteiger partial charge in [-0.15, -0.1) is 5.10 Å². The number of ether oxygens (including phenoxy) is 1. The van der Waals surface area contributed by atoms with Gasteiger partial charge in [0.2, 0.25) is 5.16 Å². The van der Waals surface area contributed by atoms with Gasteiger partial charge in [0.1, 0.15) is 17.3 Å². The molecule has 7 nitrogen and oxygen atoms in total. The first-order chi connectivity index (χ1) is 15.5. The molecule has 164 valence electrons. The minimum atomic E-state index is -0.266. The standard InChI is InChI=1S/C23H22FN5O2S/c1-15-12-19(16(2)28(15)13-17-8-10-18(24)11-9-17)21(30)14-32-23-25-26-27-29(23)20-6-4-5-7-22(20)31-3/h4-12H,13-14H2,1-3H3. The summed E-state index contributed by atoms with van der Waals surface area (Å²) in [5, 5.41) is 12.4. The Labute approximate surface area is 189 Å². The number of nitrogens with zero attached hydrogens (tertiary/aromatic N) is 5. The van der Waals surface area contributed by atoms with Gasteiger partial charge in [0.05, 0.1) is 12.9 Å². The van der Waals surface area contributed by atoms with E-state index in [9.17, 15) is 9.18 Å². The van der Waals surface area contributed by atoms with Gasteiger partial charge in [-0.3, -0.25) is 4.79 Å². The molecule has 0 aliphatic rings. The lowest BCUT2D eigenvalue weighted by atomic mass is 10.2. The number of benzene rings is 2. The van der Waals surface area contributed by atoms with Crippen LogP contribution in [0.2, 0.25) is 0 Å². The molecule has 0 unspecified atom stereocenters. The molecule has 0 fully saturated rings. The van der Waals surface area contributed by atoms with Gasteiger partial charge in [-0.2, -0.15) is 4.68 Å². The Hall–Kier alpha value is -3.46. The van der Waals surface area contributed by atoms with E-state index in [1.54, 1.807) is 23.9 Å². The van der Waals surface area contributed by atoms with Gasteiger partial charge < -0.3 is 9.30 Å². The number of aromatic nitrogens is 5. The number of hydrogen-bond donors (Lipinski definition) is 0. The van der Waals surface area contributed by atoms with E-state index in [0.29, 0.717) is 28.7 Å². The fourth-order valence-electron chi connectivity index (χ4n) is 3.53. The lowest BCUT2D eigenvalue weighted by Gasteiger charge is -2.10. The van der Waals surface area contributed by atoms with Crippen molar-refractivity contribution in [3.8, 4) is 11.4 Å². The number of tetrazole rings is 1. The highest BCUT2D eigenvalue weighted by atomic mass is 32.2. The van der Waals surface area contributed by atoms with Gasteiger partial charge in [0, 0.05) is 23.5 Å². The highest BCUT2D eigenvalue weighted by Gasteiger charge is 2.19. The number of rotatable bonds is 8. The van der Waals surface area contributed by atoms with Crippen LogP contribution in [-0.4, -0.2) is 43.4 Å². The Balaban J connectivity index is 1.50. The molecule has 0 saturated heterocycles. The average Bonchev–Trinajstić information content (AvgIpc) is 3.38. The number of carbonyl (C=O) groups is 1. The topological polar surface area (TPSA) is 74.8 Å². The second-order valence-electron chi connectivity index (χ2n) is 7.25. The van der Waals surface area contributed by atoms with Crippen molar-refractivity contribution < 1.29 is 13.9 Å². The summed E-state index contributed by atoms with van der Waals surface area (Å²) < 4.78 is 22.2. The number of carbonyl (C=O) groups excluding carboxylic acids is 1. The van der Waals surface area contributed by atoms with Crippen LogP contribution >= 0.6 is 11.8 Å². The molecule has 0 amide bonds. The third kappa shape index (κ3) is 4.43. The van der Waals surface area contributed by atoms with E-state index in [1.165, 1.54) is 23.9 Å². The summed E-state index contributed by atoms with van der Waals surface area (Å²) in [6.07, 6.45) is 0. The Morgan fingerprint density at radius 2 is 1.88 bits per heavy atom. The second kappa shape index (κ2) is 9.35. The molecule has 2 aromatic carbocycles. The van der Waals surface area contributed by atoms with Crippen molar-refractivity contribution in [1.82, 2.24) is 24.8 Å². The van der Waals surface area contributed by atoms with Gasteiger partial charge in [-0.25, -0.2) is 4.39 Å².